The molecule has 0 atom stereocenters. The van der Waals surface area contributed by atoms with Crippen LogP contribution in [0.4, 0.5) is 5.69 Å². The van der Waals surface area contributed by atoms with Crippen molar-refractivity contribution in [1.29, 1.82) is 0 Å². The highest BCUT2D eigenvalue weighted by Crippen LogP contribution is 2.07. The molecule has 0 aliphatic rings. The van der Waals surface area contributed by atoms with Crippen LogP contribution in [0.2, 0.25) is 0 Å². The Morgan fingerprint density at radius 3 is 2.69 bits per heavy atom. The van der Waals surface area contributed by atoms with Crippen LogP contribution in [-0.4, -0.2) is 9.49 Å². The van der Waals surface area contributed by atoms with Crippen LogP contribution >= 0.6 is 0 Å². The van der Waals surface area contributed by atoms with Crippen LogP contribution in [-0.2, 0) is 6.54 Å². The number of hydrogen-bond donors (Lipinski definition) is 0. The summed E-state index contributed by atoms with van der Waals surface area (Å²) >= 11 is 0. The smallest absolute Gasteiger partial charge is 0.285 e. The molecule has 88 valence electrons. The molecule has 1 aromatic heterocycles. The van der Waals surface area contributed by atoms with Gasteiger partial charge in [-0.05, 0) is 6.42 Å². The van der Waals surface area contributed by atoms with Crippen molar-refractivity contribution in [3.8, 4) is 0 Å². The van der Waals surface area contributed by atoms with Gasteiger partial charge >= 0.3 is 0 Å². The van der Waals surface area contributed by atoms with E-state index in [0.717, 1.165) is 25.7 Å². The van der Waals surface area contributed by atoms with Crippen LogP contribution in [0.1, 0.15) is 32.6 Å². The summed E-state index contributed by atoms with van der Waals surface area (Å²) in [6, 6.07) is 2.49. The first-order valence-corrected chi connectivity index (χ1v) is 5.50. The Hall–Kier alpha value is -1.65. The lowest BCUT2D eigenvalue weighted by Gasteiger charge is -2.04. The fraction of sp³-hybridized carbons (Fsp3) is 0.545. The van der Waals surface area contributed by atoms with E-state index in [1.807, 2.05) is 0 Å². The van der Waals surface area contributed by atoms with E-state index in [9.17, 15) is 14.9 Å². The van der Waals surface area contributed by atoms with E-state index >= 15 is 0 Å². The van der Waals surface area contributed by atoms with Gasteiger partial charge in [0, 0.05) is 18.7 Å². The molecule has 0 saturated carbocycles. The van der Waals surface area contributed by atoms with E-state index in [1.165, 1.54) is 22.9 Å². The topological polar surface area (TPSA) is 65.1 Å². The van der Waals surface area contributed by atoms with Crippen LogP contribution in [0.3, 0.4) is 0 Å². The molecule has 1 heterocycles. The lowest BCUT2D eigenvalue weighted by Crippen LogP contribution is -2.18. The summed E-state index contributed by atoms with van der Waals surface area (Å²) < 4.78 is 1.41. The second-order valence-electron chi connectivity index (χ2n) is 3.74. The summed E-state index contributed by atoms with van der Waals surface area (Å²) in [5, 5.41) is 10.5. The zero-order chi connectivity index (χ0) is 12.0. The number of aromatic nitrogens is 1. The Labute approximate surface area is 93.9 Å². The van der Waals surface area contributed by atoms with E-state index in [0.29, 0.717) is 6.54 Å². The molecule has 5 nitrogen and oxygen atoms in total. The lowest BCUT2D eigenvalue weighted by molar-refractivity contribution is -0.385. The van der Waals surface area contributed by atoms with E-state index in [-0.39, 0.29) is 11.2 Å². The molecular weight excluding hydrogens is 208 g/mol. The number of nitrogens with zero attached hydrogens (tertiary/aromatic N) is 2. The maximum atomic E-state index is 11.4. The summed E-state index contributed by atoms with van der Waals surface area (Å²) in [4.78, 5) is 21.4. The average molecular weight is 224 g/mol. The SMILES string of the molecule is CCCCCCn1cc([N+](=O)[O-])ccc1=O. The zero-order valence-corrected chi connectivity index (χ0v) is 9.39. The van der Waals surface area contributed by atoms with Gasteiger partial charge in [-0.15, -0.1) is 0 Å². The molecule has 0 bridgehead atoms. The number of unbranched alkanes of at least 4 members (excludes halogenated alkanes) is 3. The molecular formula is C11H16N2O3. The Balaban J connectivity index is 2.67. The highest BCUT2D eigenvalue weighted by molar-refractivity contribution is 5.24. The molecule has 0 unspecified atom stereocenters. The van der Waals surface area contributed by atoms with Crippen molar-refractivity contribution >= 4 is 5.69 Å². The second-order valence-corrected chi connectivity index (χ2v) is 3.74. The van der Waals surface area contributed by atoms with Crippen molar-refractivity contribution in [3.05, 3.63) is 38.8 Å². The van der Waals surface area contributed by atoms with Gasteiger partial charge in [0.15, 0.2) is 0 Å². The number of pyridine rings is 1. The minimum absolute atomic E-state index is 0.0323. The molecule has 0 radical (unpaired) electrons. The van der Waals surface area contributed by atoms with Crippen LogP contribution in [0, 0.1) is 10.1 Å². The molecule has 0 aliphatic heterocycles. The van der Waals surface area contributed by atoms with Crippen LogP contribution < -0.4 is 5.56 Å². The number of rotatable bonds is 6. The van der Waals surface area contributed by atoms with E-state index in [1.54, 1.807) is 0 Å². The lowest BCUT2D eigenvalue weighted by atomic mass is 10.2. The largest absolute Gasteiger partial charge is 0.309 e. The van der Waals surface area contributed by atoms with Gasteiger partial charge in [0.25, 0.3) is 11.2 Å². The highest BCUT2D eigenvalue weighted by atomic mass is 16.6. The molecule has 0 saturated heterocycles. The molecule has 5 heteroatoms. The summed E-state index contributed by atoms with van der Waals surface area (Å²) in [7, 11) is 0. The van der Waals surface area contributed by atoms with Gasteiger partial charge in [0.05, 0.1) is 11.1 Å². The highest BCUT2D eigenvalue weighted by Gasteiger charge is 2.06. The van der Waals surface area contributed by atoms with Gasteiger partial charge in [-0.25, -0.2) is 0 Å². The monoisotopic (exact) mass is 224 g/mol. The third kappa shape index (κ3) is 3.49. The predicted octanol–water partition coefficient (Wildman–Crippen LogP) is 2.34. The molecule has 0 spiro atoms. The van der Waals surface area contributed by atoms with Crippen LogP contribution in [0.25, 0.3) is 0 Å². The molecule has 1 rings (SSSR count). The summed E-state index contributed by atoms with van der Waals surface area (Å²) in [5.41, 5.74) is -0.211. The van der Waals surface area contributed by atoms with Gasteiger partial charge < -0.3 is 4.57 Å². The Morgan fingerprint density at radius 2 is 2.06 bits per heavy atom. The fourth-order valence-electron chi connectivity index (χ4n) is 1.51. The molecule has 1 aromatic rings. The third-order valence-corrected chi connectivity index (χ3v) is 2.43. The van der Waals surface area contributed by atoms with Crippen LogP contribution in [0.5, 0.6) is 0 Å². The quantitative estimate of drug-likeness (QED) is 0.423. The van der Waals surface area contributed by atoms with Crippen molar-refractivity contribution in [2.75, 3.05) is 0 Å². The van der Waals surface area contributed by atoms with Crippen molar-refractivity contribution in [2.45, 2.75) is 39.2 Å². The minimum Gasteiger partial charge on any atom is -0.309 e. The Morgan fingerprint density at radius 1 is 1.31 bits per heavy atom. The van der Waals surface area contributed by atoms with Crippen molar-refractivity contribution in [2.24, 2.45) is 0 Å². The number of nitro groups is 1. The van der Waals surface area contributed by atoms with Gasteiger partial charge in [-0.1, -0.05) is 26.2 Å². The van der Waals surface area contributed by atoms with Gasteiger partial charge in [0.1, 0.15) is 0 Å². The number of aryl methyl sites for hydroxylation is 1. The molecule has 0 fully saturated rings. The van der Waals surface area contributed by atoms with Gasteiger partial charge in [-0.2, -0.15) is 0 Å². The second kappa shape index (κ2) is 6.05. The van der Waals surface area contributed by atoms with Gasteiger partial charge in [0.2, 0.25) is 0 Å². The maximum Gasteiger partial charge on any atom is 0.285 e. The third-order valence-electron chi connectivity index (χ3n) is 2.43. The first-order valence-electron chi connectivity index (χ1n) is 5.50. The zero-order valence-electron chi connectivity index (χ0n) is 9.39. The molecule has 0 aromatic carbocycles. The Kier molecular flexibility index (Phi) is 4.69. The normalized spacial score (nSPS) is 10.3. The molecule has 0 amide bonds. The summed E-state index contributed by atoms with van der Waals surface area (Å²) in [6.45, 7) is 2.67. The van der Waals surface area contributed by atoms with Crippen molar-refractivity contribution in [1.82, 2.24) is 4.57 Å². The van der Waals surface area contributed by atoms with E-state index in [4.69, 9.17) is 0 Å². The minimum atomic E-state index is -0.484. The molecule has 0 aliphatic carbocycles. The standard InChI is InChI=1S/C11H16N2O3/c1-2-3-4-5-8-12-9-10(13(15)16)6-7-11(12)14/h6-7,9H,2-5,8H2,1H3. The molecule has 16 heavy (non-hydrogen) atoms. The average Bonchev–Trinajstić information content (AvgIpc) is 2.26. The van der Waals surface area contributed by atoms with Crippen molar-refractivity contribution < 1.29 is 4.92 Å². The maximum absolute atomic E-state index is 11.4. The first-order chi connectivity index (χ1) is 7.65. The predicted molar refractivity (Wildman–Crippen MR) is 61.5 cm³/mol. The number of hydrogen-bond acceptors (Lipinski definition) is 3. The Bertz CT molecular complexity index is 412. The summed E-state index contributed by atoms with van der Waals surface area (Å²) in [6.07, 6.45) is 5.50. The van der Waals surface area contributed by atoms with E-state index in [2.05, 4.69) is 6.92 Å². The van der Waals surface area contributed by atoms with Gasteiger partial charge in [-0.3, -0.25) is 14.9 Å². The van der Waals surface area contributed by atoms with Crippen LogP contribution in [0.15, 0.2) is 23.1 Å². The fourth-order valence-corrected chi connectivity index (χ4v) is 1.51. The summed E-state index contributed by atoms with van der Waals surface area (Å²) in [5.74, 6) is 0. The molecule has 0 N–H and O–H groups in total. The van der Waals surface area contributed by atoms with E-state index < -0.39 is 4.92 Å². The first kappa shape index (κ1) is 12.4. The van der Waals surface area contributed by atoms with Crippen molar-refractivity contribution in [3.63, 3.8) is 0 Å².